The fraction of sp³-hybridized carbons (Fsp3) is 0.455. The molecule has 0 fully saturated rings. The van der Waals surface area contributed by atoms with Gasteiger partial charge >= 0.3 is 14.0 Å². The first-order valence-corrected chi connectivity index (χ1v) is 13.2. The van der Waals surface area contributed by atoms with E-state index < -0.39 is 14.0 Å². The van der Waals surface area contributed by atoms with E-state index in [-0.39, 0.29) is 24.9 Å². The third-order valence-corrected chi connectivity index (χ3v) is 6.62. The number of hydrogen-bond acceptors (Lipinski definition) is 4. The molecule has 0 aromatic heterocycles. The molecule has 0 saturated carbocycles. The van der Waals surface area contributed by atoms with E-state index >= 15 is 0 Å². The summed E-state index contributed by atoms with van der Waals surface area (Å²) in [6.45, 7) is 0.625. The second-order valence-electron chi connectivity index (χ2n) is 7.39. The van der Waals surface area contributed by atoms with Crippen molar-refractivity contribution in [3.63, 3.8) is 0 Å². The van der Waals surface area contributed by atoms with Crippen molar-refractivity contribution < 1.29 is 32.3 Å². The van der Waals surface area contributed by atoms with Gasteiger partial charge in [-0.15, -0.1) is 24.9 Å². The van der Waals surface area contributed by atoms with Crippen LogP contribution < -0.4 is 10.1 Å². The lowest BCUT2D eigenvalue weighted by Gasteiger charge is -2.15. The monoisotopic (exact) mass is 491 g/mol. The SMILES string of the molecule is O=P(O)(O)CCCNCc1ccc(SCCCCCc2ccccc2)c(OC(F)(F)F)c1. The summed E-state index contributed by atoms with van der Waals surface area (Å²) in [4.78, 5) is 18.1. The molecule has 0 unspecified atom stereocenters. The van der Waals surface area contributed by atoms with Crippen LogP contribution in [0.25, 0.3) is 0 Å². The molecule has 2 rings (SSSR count). The Morgan fingerprint density at radius 3 is 2.41 bits per heavy atom. The van der Waals surface area contributed by atoms with Crippen molar-refractivity contribution in [2.24, 2.45) is 0 Å². The third-order valence-electron chi connectivity index (χ3n) is 4.58. The van der Waals surface area contributed by atoms with Crippen molar-refractivity contribution in [1.82, 2.24) is 5.32 Å². The molecule has 0 aliphatic carbocycles. The molecule has 0 bridgehead atoms. The molecule has 0 aliphatic heterocycles. The maximum atomic E-state index is 12.8. The van der Waals surface area contributed by atoms with E-state index in [1.54, 1.807) is 12.1 Å². The van der Waals surface area contributed by atoms with Gasteiger partial charge < -0.3 is 19.8 Å². The van der Waals surface area contributed by atoms with E-state index in [1.165, 1.54) is 23.4 Å². The highest BCUT2D eigenvalue weighted by Crippen LogP contribution is 2.35. The van der Waals surface area contributed by atoms with Gasteiger partial charge in [0.05, 0.1) is 6.16 Å². The molecule has 32 heavy (non-hydrogen) atoms. The zero-order valence-electron chi connectivity index (χ0n) is 17.7. The minimum atomic E-state index is -4.78. The Labute approximate surface area is 190 Å². The molecular formula is C22H29F3NO4PS. The third kappa shape index (κ3) is 11.9. The average Bonchev–Trinajstić information content (AvgIpc) is 2.70. The summed E-state index contributed by atoms with van der Waals surface area (Å²) < 4.78 is 53.6. The number of alkyl halides is 3. The minimum absolute atomic E-state index is 0.221. The zero-order valence-corrected chi connectivity index (χ0v) is 19.4. The fourth-order valence-corrected chi connectivity index (χ4v) is 4.61. The molecule has 3 N–H and O–H groups in total. The lowest BCUT2D eigenvalue weighted by atomic mass is 10.1. The van der Waals surface area contributed by atoms with Crippen LogP contribution in [-0.2, 0) is 17.5 Å². The van der Waals surface area contributed by atoms with Crippen molar-refractivity contribution in [3.8, 4) is 5.75 Å². The Kier molecular flexibility index (Phi) is 11.1. The van der Waals surface area contributed by atoms with E-state index in [0.29, 0.717) is 22.8 Å². The van der Waals surface area contributed by atoms with Gasteiger partial charge in [-0.05, 0) is 61.2 Å². The maximum absolute atomic E-state index is 12.8. The Hall–Kier alpha value is -1.51. The smallest absolute Gasteiger partial charge is 0.405 e. The van der Waals surface area contributed by atoms with Crippen LogP contribution in [0.2, 0.25) is 0 Å². The van der Waals surface area contributed by atoms with Crippen LogP contribution in [0, 0.1) is 0 Å². The average molecular weight is 492 g/mol. The van der Waals surface area contributed by atoms with Crippen molar-refractivity contribution in [3.05, 3.63) is 59.7 Å². The van der Waals surface area contributed by atoms with Gasteiger partial charge in [0.2, 0.25) is 0 Å². The summed E-state index contributed by atoms with van der Waals surface area (Å²) in [6, 6.07) is 14.9. The molecule has 2 aromatic rings. The summed E-state index contributed by atoms with van der Waals surface area (Å²) in [5.74, 6) is 0.476. The number of hydrogen-bond donors (Lipinski definition) is 3. The van der Waals surface area contributed by atoms with Gasteiger partial charge in [-0.1, -0.05) is 42.8 Å². The predicted octanol–water partition coefficient (Wildman–Crippen LogP) is 5.75. The molecule has 5 nitrogen and oxygen atoms in total. The zero-order chi connectivity index (χ0) is 23.5. The Morgan fingerprint density at radius 2 is 1.72 bits per heavy atom. The molecule has 0 atom stereocenters. The van der Waals surface area contributed by atoms with Gasteiger partial charge in [-0.2, -0.15) is 0 Å². The summed E-state index contributed by atoms with van der Waals surface area (Å²) in [5.41, 5.74) is 1.89. The number of thioether (sulfide) groups is 1. The first-order chi connectivity index (χ1) is 15.1. The van der Waals surface area contributed by atoms with Crippen LogP contribution in [0.1, 0.15) is 36.8 Å². The van der Waals surface area contributed by atoms with Crippen molar-refractivity contribution in [2.75, 3.05) is 18.5 Å². The lowest BCUT2D eigenvalue weighted by Crippen LogP contribution is -2.19. The Balaban J connectivity index is 1.81. The number of ether oxygens (including phenoxy) is 1. The van der Waals surface area contributed by atoms with Crippen LogP contribution in [0.5, 0.6) is 5.75 Å². The second-order valence-corrected chi connectivity index (χ2v) is 10.3. The van der Waals surface area contributed by atoms with Crippen LogP contribution in [0.3, 0.4) is 0 Å². The Bertz CT molecular complexity index is 862. The number of benzene rings is 2. The van der Waals surface area contributed by atoms with Crippen molar-refractivity contribution >= 4 is 19.4 Å². The quantitative estimate of drug-likeness (QED) is 0.178. The van der Waals surface area contributed by atoms with Crippen LogP contribution >= 0.6 is 19.4 Å². The molecule has 178 valence electrons. The van der Waals surface area contributed by atoms with E-state index in [2.05, 4.69) is 22.2 Å². The van der Waals surface area contributed by atoms with E-state index in [4.69, 9.17) is 9.79 Å². The molecule has 10 heteroatoms. The summed E-state index contributed by atoms with van der Waals surface area (Å²) in [7, 11) is -4.04. The summed E-state index contributed by atoms with van der Waals surface area (Å²) in [6.07, 6.45) is -0.828. The van der Waals surface area contributed by atoms with Crippen molar-refractivity contribution in [2.45, 2.75) is 49.9 Å². The molecular weight excluding hydrogens is 462 g/mol. The molecule has 2 aromatic carbocycles. The Morgan fingerprint density at radius 1 is 0.969 bits per heavy atom. The molecule has 0 aliphatic rings. The first-order valence-electron chi connectivity index (χ1n) is 10.4. The molecule has 0 saturated heterocycles. The number of unbranched alkanes of at least 4 members (excludes halogenated alkanes) is 2. The van der Waals surface area contributed by atoms with E-state index in [1.807, 2.05) is 18.2 Å². The van der Waals surface area contributed by atoms with Crippen molar-refractivity contribution in [1.29, 1.82) is 0 Å². The van der Waals surface area contributed by atoms with Gasteiger partial charge in [-0.3, -0.25) is 4.57 Å². The number of nitrogens with one attached hydrogen (secondary N) is 1. The summed E-state index contributed by atoms with van der Waals surface area (Å²) >= 11 is 1.35. The highest BCUT2D eigenvalue weighted by Gasteiger charge is 2.32. The van der Waals surface area contributed by atoms with Gasteiger partial charge in [0.1, 0.15) is 5.75 Å². The molecule has 0 amide bonds. The fourth-order valence-electron chi connectivity index (χ4n) is 3.06. The van der Waals surface area contributed by atoms with Crippen LogP contribution in [0.15, 0.2) is 53.4 Å². The molecule has 0 radical (unpaired) electrons. The second kappa shape index (κ2) is 13.3. The number of aryl methyl sites for hydroxylation is 1. The van der Waals surface area contributed by atoms with Gasteiger partial charge in [0, 0.05) is 11.4 Å². The topological polar surface area (TPSA) is 78.8 Å². The van der Waals surface area contributed by atoms with Gasteiger partial charge in [0.25, 0.3) is 0 Å². The number of rotatable bonds is 14. The van der Waals surface area contributed by atoms with Gasteiger partial charge in [-0.25, -0.2) is 0 Å². The largest absolute Gasteiger partial charge is 0.573 e. The minimum Gasteiger partial charge on any atom is -0.405 e. The molecule has 0 spiro atoms. The van der Waals surface area contributed by atoms with Crippen LogP contribution in [0.4, 0.5) is 13.2 Å². The highest BCUT2D eigenvalue weighted by molar-refractivity contribution is 7.99. The predicted molar refractivity (Wildman–Crippen MR) is 121 cm³/mol. The van der Waals surface area contributed by atoms with Gasteiger partial charge in [0.15, 0.2) is 0 Å². The van der Waals surface area contributed by atoms with E-state index in [0.717, 1.165) is 25.7 Å². The standard InChI is InChI=1S/C22H29F3NO4PS/c23-22(24,25)30-20-16-19(17-26-13-7-14-31(27,28)29)11-12-21(20)32-15-6-2-5-10-18-8-3-1-4-9-18/h1,3-4,8-9,11-12,16,26H,2,5-7,10,13-15,17H2,(H2,27,28,29). The summed E-state index contributed by atoms with van der Waals surface area (Å²) in [5, 5.41) is 2.98. The van der Waals surface area contributed by atoms with Crippen LogP contribution in [-0.4, -0.2) is 34.6 Å². The first kappa shape index (κ1) is 26.7. The maximum Gasteiger partial charge on any atom is 0.573 e. The normalized spacial score (nSPS) is 12.2. The molecule has 0 heterocycles. The number of halogens is 3. The lowest BCUT2D eigenvalue weighted by molar-refractivity contribution is -0.275. The highest BCUT2D eigenvalue weighted by atomic mass is 32.2. The van der Waals surface area contributed by atoms with E-state index in [9.17, 15) is 17.7 Å².